The van der Waals surface area contributed by atoms with Crippen molar-refractivity contribution in [3.05, 3.63) is 62.8 Å². The van der Waals surface area contributed by atoms with Gasteiger partial charge in [0.1, 0.15) is 6.73 Å². The summed E-state index contributed by atoms with van der Waals surface area (Å²) in [6, 6.07) is 9.46. The highest BCUT2D eigenvalue weighted by molar-refractivity contribution is 7.99. The summed E-state index contributed by atoms with van der Waals surface area (Å²) in [7, 11) is 0. The summed E-state index contributed by atoms with van der Waals surface area (Å²) >= 11 is 1.32. The maximum absolute atomic E-state index is 12.1. The predicted molar refractivity (Wildman–Crippen MR) is 89.6 cm³/mol. The van der Waals surface area contributed by atoms with Gasteiger partial charge in [0, 0.05) is 4.90 Å². The molecule has 2 aromatic rings. The minimum atomic E-state index is -0.542. The molecule has 0 aliphatic heterocycles. The zero-order chi connectivity index (χ0) is 16.7. The van der Waals surface area contributed by atoms with Gasteiger partial charge < -0.3 is 9.84 Å². The van der Waals surface area contributed by atoms with Crippen molar-refractivity contribution in [1.29, 1.82) is 0 Å². The van der Waals surface area contributed by atoms with E-state index in [2.05, 4.69) is 4.98 Å². The molecule has 6 nitrogen and oxygen atoms in total. The molecule has 0 aliphatic rings. The fraction of sp³-hybridized carbons (Fsp3) is 0.250. The van der Waals surface area contributed by atoms with Crippen LogP contribution in [0.4, 0.5) is 0 Å². The van der Waals surface area contributed by atoms with Gasteiger partial charge in [0.05, 0.1) is 23.8 Å². The van der Waals surface area contributed by atoms with Crippen LogP contribution in [0.5, 0.6) is 0 Å². The van der Waals surface area contributed by atoms with Crippen LogP contribution in [0.3, 0.4) is 0 Å². The number of hydrogen-bond donors (Lipinski definition) is 2. The van der Waals surface area contributed by atoms with E-state index >= 15 is 0 Å². The number of hydrogen-bond acceptors (Lipinski definition) is 5. The van der Waals surface area contributed by atoms with Gasteiger partial charge >= 0.3 is 5.69 Å². The molecule has 0 radical (unpaired) electrons. The maximum atomic E-state index is 12.1. The van der Waals surface area contributed by atoms with Gasteiger partial charge in [-0.25, -0.2) is 4.79 Å². The number of nitrogens with one attached hydrogen (secondary N) is 1. The number of aromatic amines is 1. The van der Waals surface area contributed by atoms with Crippen molar-refractivity contribution in [1.82, 2.24) is 9.55 Å². The van der Waals surface area contributed by atoms with E-state index in [4.69, 9.17) is 9.84 Å². The minimum absolute atomic E-state index is 0.0457. The molecule has 1 heterocycles. The second-order valence-electron chi connectivity index (χ2n) is 4.58. The molecule has 2 N–H and O–H groups in total. The van der Waals surface area contributed by atoms with Crippen molar-refractivity contribution >= 4 is 17.8 Å². The number of benzene rings is 1. The molecule has 0 unspecified atom stereocenters. The predicted octanol–water partition coefficient (Wildman–Crippen LogP) is 1.69. The Morgan fingerprint density at radius 3 is 2.70 bits per heavy atom. The molecule has 0 amide bonds. The molecule has 23 heavy (non-hydrogen) atoms. The Morgan fingerprint density at radius 1 is 1.30 bits per heavy atom. The van der Waals surface area contributed by atoms with Gasteiger partial charge in [0.2, 0.25) is 0 Å². The van der Waals surface area contributed by atoms with Crippen LogP contribution in [0, 0.1) is 0 Å². The van der Waals surface area contributed by atoms with E-state index < -0.39 is 11.2 Å². The Hall–Kier alpha value is -2.09. The summed E-state index contributed by atoms with van der Waals surface area (Å²) in [4.78, 5) is 27.4. The lowest BCUT2D eigenvalue weighted by Crippen LogP contribution is -2.33. The molecule has 0 atom stereocenters. The molecule has 2 rings (SSSR count). The molecule has 122 valence electrons. The van der Waals surface area contributed by atoms with Crippen molar-refractivity contribution in [2.45, 2.75) is 23.6 Å². The molecular formula is C16H18N2O4S. The number of nitrogens with zero attached hydrogens (tertiary/aromatic N) is 1. The van der Waals surface area contributed by atoms with Crippen LogP contribution in [0.15, 0.2) is 55.9 Å². The molecule has 0 aliphatic carbocycles. The van der Waals surface area contributed by atoms with Crippen molar-refractivity contribution in [2.24, 2.45) is 0 Å². The van der Waals surface area contributed by atoms with Gasteiger partial charge in [-0.15, -0.1) is 0 Å². The molecule has 1 aromatic heterocycles. The quantitative estimate of drug-likeness (QED) is 0.594. The van der Waals surface area contributed by atoms with Crippen molar-refractivity contribution in [3.63, 3.8) is 0 Å². The molecule has 7 heteroatoms. The summed E-state index contributed by atoms with van der Waals surface area (Å²) in [5, 5.41) is 9.32. The van der Waals surface area contributed by atoms with Crippen LogP contribution in [0.25, 0.3) is 6.08 Å². The maximum Gasteiger partial charge on any atom is 0.331 e. The first-order valence-corrected chi connectivity index (χ1v) is 7.90. The number of H-pyrrole nitrogens is 1. The standard InChI is InChI=1S/C16H18N2O4S/c1-2-6-13-14(20)17-16(21)18(11-22-10-9-19)15(13)23-12-7-4-3-5-8-12/h2-8,19H,9-11H2,1H3,(H,17,20,21)/b6-2-. The van der Waals surface area contributed by atoms with E-state index in [1.165, 1.54) is 16.3 Å². The van der Waals surface area contributed by atoms with Gasteiger partial charge in [0.25, 0.3) is 5.56 Å². The van der Waals surface area contributed by atoms with Crippen LogP contribution in [-0.4, -0.2) is 27.9 Å². The third-order valence-corrected chi connectivity index (χ3v) is 4.07. The van der Waals surface area contributed by atoms with E-state index in [1.807, 2.05) is 30.3 Å². The molecular weight excluding hydrogens is 316 g/mol. The number of aliphatic hydroxyl groups excluding tert-OH is 1. The van der Waals surface area contributed by atoms with Crippen molar-refractivity contribution in [2.75, 3.05) is 13.2 Å². The van der Waals surface area contributed by atoms with Crippen LogP contribution in [0.1, 0.15) is 12.5 Å². The topological polar surface area (TPSA) is 84.3 Å². The van der Waals surface area contributed by atoms with E-state index in [0.29, 0.717) is 10.6 Å². The second-order valence-corrected chi connectivity index (χ2v) is 5.64. The minimum Gasteiger partial charge on any atom is -0.394 e. The highest BCUT2D eigenvalue weighted by Gasteiger charge is 2.14. The van der Waals surface area contributed by atoms with Crippen LogP contribution < -0.4 is 11.2 Å². The summed E-state index contributed by atoms with van der Waals surface area (Å²) in [6.07, 6.45) is 3.40. The largest absolute Gasteiger partial charge is 0.394 e. The first-order valence-electron chi connectivity index (χ1n) is 7.08. The van der Waals surface area contributed by atoms with Gasteiger partial charge in [-0.2, -0.15) is 0 Å². The number of rotatable bonds is 7. The van der Waals surface area contributed by atoms with Crippen molar-refractivity contribution < 1.29 is 9.84 Å². The van der Waals surface area contributed by atoms with Crippen LogP contribution in [0.2, 0.25) is 0 Å². The summed E-state index contributed by atoms with van der Waals surface area (Å²) in [5.41, 5.74) is -0.585. The summed E-state index contributed by atoms with van der Waals surface area (Å²) in [6.45, 7) is 1.73. The van der Waals surface area contributed by atoms with Gasteiger partial charge in [-0.3, -0.25) is 14.3 Å². The number of ether oxygens (including phenoxy) is 1. The Balaban J connectivity index is 2.52. The smallest absolute Gasteiger partial charge is 0.331 e. The first kappa shape index (κ1) is 17.3. The second kappa shape index (κ2) is 8.52. The number of allylic oxidation sites excluding steroid dienone is 1. The Labute approximate surface area is 137 Å². The number of aromatic nitrogens is 2. The van der Waals surface area contributed by atoms with Gasteiger partial charge in [-0.1, -0.05) is 42.1 Å². The monoisotopic (exact) mass is 334 g/mol. The third kappa shape index (κ3) is 4.44. The SMILES string of the molecule is C/C=C\c1c(Sc2ccccc2)n(COCCO)c(=O)[nH]c1=O. The fourth-order valence-corrected chi connectivity index (χ4v) is 2.96. The van der Waals surface area contributed by atoms with Crippen molar-refractivity contribution in [3.8, 4) is 0 Å². The van der Waals surface area contributed by atoms with E-state index in [0.717, 1.165) is 4.90 Å². The molecule has 0 bridgehead atoms. The zero-order valence-electron chi connectivity index (χ0n) is 12.7. The average molecular weight is 334 g/mol. The highest BCUT2D eigenvalue weighted by Crippen LogP contribution is 2.28. The lowest BCUT2D eigenvalue weighted by Gasteiger charge is -2.14. The highest BCUT2D eigenvalue weighted by atomic mass is 32.2. The van der Waals surface area contributed by atoms with Crippen LogP contribution >= 0.6 is 11.8 Å². The van der Waals surface area contributed by atoms with Crippen LogP contribution in [-0.2, 0) is 11.5 Å². The van der Waals surface area contributed by atoms with Gasteiger partial charge in [-0.05, 0) is 19.1 Å². The zero-order valence-corrected chi connectivity index (χ0v) is 13.5. The third-order valence-electron chi connectivity index (χ3n) is 2.93. The molecule has 0 saturated heterocycles. The van der Waals surface area contributed by atoms with E-state index in [-0.39, 0.29) is 19.9 Å². The Kier molecular flexibility index (Phi) is 6.40. The molecule has 1 aromatic carbocycles. The fourth-order valence-electron chi connectivity index (χ4n) is 1.93. The molecule has 0 saturated carbocycles. The normalized spacial score (nSPS) is 11.2. The van der Waals surface area contributed by atoms with E-state index in [9.17, 15) is 9.59 Å². The lowest BCUT2D eigenvalue weighted by atomic mass is 10.3. The molecule has 0 spiro atoms. The molecule has 0 fully saturated rings. The van der Waals surface area contributed by atoms with Gasteiger partial charge in [0.15, 0.2) is 0 Å². The lowest BCUT2D eigenvalue weighted by molar-refractivity contribution is 0.0412. The van der Waals surface area contributed by atoms with E-state index in [1.54, 1.807) is 19.1 Å². The Morgan fingerprint density at radius 2 is 2.04 bits per heavy atom. The Bertz CT molecular complexity index is 781. The average Bonchev–Trinajstić information content (AvgIpc) is 2.55. The summed E-state index contributed by atoms with van der Waals surface area (Å²) in [5.74, 6) is 0. The first-order chi connectivity index (χ1) is 11.2. The number of aliphatic hydroxyl groups is 1. The summed E-state index contributed by atoms with van der Waals surface area (Å²) < 4.78 is 6.61.